The molecule has 3 aromatic carbocycles. The number of urea groups is 2. The van der Waals surface area contributed by atoms with Crippen LogP contribution in [0, 0.1) is 0 Å². The molecule has 2 aliphatic rings. The molecule has 3 heterocycles. The number of aromatic nitrogens is 3. The summed E-state index contributed by atoms with van der Waals surface area (Å²) in [7, 11) is 13.7. The van der Waals surface area contributed by atoms with Crippen LogP contribution in [0.4, 0.5) is 27.4 Å². The van der Waals surface area contributed by atoms with Gasteiger partial charge in [0.1, 0.15) is 57.1 Å². The van der Waals surface area contributed by atoms with Crippen molar-refractivity contribution in [3.8, 4) is 17.2 Å². The zero-order valence-electron chi connectivity index (χ0n) is 53.3. The Kier molecular flexibility index (Phi) is 32.8. The Labute approximate surface area is 525 Å². The number of amides is 4. The maximum atomic E-state index is 12.5. The summed E-state index contributed by atoms with van der Waals surface area (Å²) in [5.74, 6) is 1.05. The maximum absolute atomic E-state index is 12.5. The van der Waals surface area contributed by atoms with Crippen molar-refractivity contribution in [2.24, 2.45) is 0 Å². The Morgan fingerprint density at radius 1 is 0.400 bits per heavy atom. The molecule has 2 fully saturated rings. The third-order valence-corrected chi connectivity index (χ3v) is 14.7. The van der Waals surface area contributed by atoms with Crippen LogP contribution in [0.5, 0.6) is 17.2 Å². The lowest BCUT2D eigenvalue weighted by molar-refractivity contribution is -0.00264. The number of β-amino-alcohol motifs (C(OH)–C–C–N with tert-alkyl or cyclic N) is 2. The molecule has 2 aliphatic heterocycles. The van der Waals surface area contributed by atoms with Gasteiger partial charge < -0.3 is 103 Å². The highest BCUT2D eigenvalue weighted by atomic mass is 16.5. The van der Waals surface area contributed by atoms with Gasteiger partial charge in [-0.2, -0.15) is 15.0 Å². The van der Waals surface area contributed by atoms with Crippen LogP contribution in [0.2, 0.25) is 0 Å². The SMILES string of the molecule is COCN(CCO)c1nc(N(CCO)CCO)nc(N(COC)COC)n1.COCN1C(=O)N(CCO)C2C1N(COC)C(=O)N2CCO.COCc1cc(C(C)(c2cc(CCO)c(O)c(CCO)c2)c2cc(COC)c(O)c(COC)c2)cc(COC)c1O. The Morgan fingerprint density at radius 3 is 1.01 bits per heavy atom. The Balaban J connectivity index is 0.000000306. The van der Waals surface area contributed by atoms with E-state index in [1.807, 2.05) is 43.3 Å². The number of methoxy groups -OCH3 is 9. The molecule has 0 spiro atoms. The number of benzene rings is 3. The summed E-state index contributed by atoms with van der Waals surface area (Å²) in [6.07, 6.45) is -0.748. The van der Waals surface area contributed by atoms with E-state index in [9.17, 15) is 60.7 Å². The molecule has 506 valence electrons. The largest absolute Gasteiger partial charge is 0.507 e. The molecule has 31 heteroatoms. The van der Waals surface area contributed by atoms with E-state index >= 15 is 0 Å². The van der Waals surface area contributed by atoms with E-state index in [1.54, 1.807) is 57.4 Å². The highest BCUT2D eigenvalue weighted by Gasteiger charge is 2.59. The first-order chi connectivity index (χ1) is 43.4. The van der Waals surface area contributed by atoms with Crippen LogP contribution >= 0.6 is 0 Å². The Bertz CT molecular complexity index is 2400. The van der Waals surface area contributed by atoms with E-state index < -0.39 is 17.7 Å². The highest BCUT2D eigenvalue weighted by Crippen LogP contribution is 2.46. The Morgan fingerprint density at radius 2 is 0.700 bits per heavy atom. The number of hydrogen-bond donors (Lipinski definition) is 10. The summed E-state index contributed by atoms with van der Waals surface area (Å²) in [4.78, 5) is 48.8. The third-order valence-electron chi connectivity index (χ3n) is 14.7. The van der Waals surface area contributed by atoms with Gasteiger partial charge in [0.25, 0.3) is 0 Å². The number of hydrogen-bond acceptors (Lipinski definition) is 27. The van der Waals surface area contributed by atoms with E-state index in [1.165, 1.54) is 40.9 Å². The molecule has 4 amide bonds. The average Bonchev–Trinajstić information content (AvgIpc) is 1.44. The van der Waals surface area contributed by atoms with Crippen molar-refractivity contribution >= 4 is 29.9 Å². The van der Waals surface area contributed by atoms with Gasteiger partial charge in [-0.05, 0) is 71.8 Å². The van der Waals surface area contributed by atoms with Gasteiger partial charge >= 0.3 is 12.1 Å². The van der Waals surface area contributed by atoms with Crippen molar-refractivity contribution in [2.75, 3.05) is 191 Å². The summed E-state index contributed by atoms with van der Waals surface area (Å²) in [6.45, 7) is 2.98. The number of aliphatic hydroxyl groups excluding tert-OH is 7. The van der Waals surface area contributed by atoms with Gasteiger partial charge in [0.15, 0.2) is 6.17 Å². The zero-order valence-corrected chi connectivity index (χ0v) is 53.3. The molecule has 0 saturated carbocycles. The standard InChI is InChI=1S/C32H42O9.C15H30N6O6.C12H22N4O6/c1-32(26-10-20(6-8-33)29(35)21(11-26)7-9-34,27-12-22(16-38-2)30(36)23(13-27)17-39-3)28-14-24(18-40-4)31(37)25(15-28)19-41-5;1-25-10-20(6-9-24)14-16-13(19(4-7-22)5-8-23)17-15(18-14)21(11-26-2)12-27-3;1-21-7-15-10-9(13(3-5-17)11(15)19)14(4-6-18)12(20)16(10)8-22-2/h10-15,33-37H,6-9,16-19H2,1-5H3;22-24H,4-12H2,1-3H3;9-10,17-18H,3-8H2,1-2H3. The predicted octanol–water partition coefficient (Wildman–Crippen LogP) is 0.199. The molecule has 6 rings (SSSR count). The predicted molar refractivity (Wildman–Crippen MR) is 326 cm³/mol. The number of anilines is 3. The molecule has 31 nitrogen and oxygen atoms in total. The van der Waals surface area contributed by atoms with Gasteiger partial charge in [0.2, 0.25) is 17.8 Å². The van der Waals surface area contributed by atoms with Gasteiger partial charge in [0.05, 0.1) is 59.5 Å². The summed E-state index contributed by atoms with van der Waals surface area (Å²) < 4.78 is 47.2. The summed E-state index contributed by atoms with van der Waals surface area (Å²) in [5.41, 5.74) is 4.80. The van der Waals surface area contributed by atoms with Crippen LogP contribution in [-0.4, -0.2) is 287 Å². The van der Waals surface area contributed by atoms with Crippen molar-refractivity contribution in [2.45, 2.75) is 63.9 Å². The van der Waals surface area contributed by atoms with Gasteiger partial charge in [-0.1, -0.05) is 12.1 Å². The van der Waals surface area contributed by atoms with E-state index in [2.05, 4.69) is 15.0 Å². The summed E-state index contributed by atoms with van der Waals surface area (Å²) in [5, 5.41) is 98.8. The molecular weight excluding hydrogens is 1180 g/mol. The van der Waals surface area contributed by atoms with Crippen molar-refractivity contribution in [1.82, 2.24) is 34.6 Å². The Hall–Kier alpha value is -6.63. The number of ether oxygens (including phenoxy) is 9. The first kappa shape index (κ1) is 75.8. The topological polar surface area (TPSA) is 381 Å². The molecular formula is C59H94N10O21. The molecule has 0 bridgehead atoms. The lowest BCUT2D eigenvalue weighted by Gasteiger charge is -2.35. The number of aromatic hydroxyl groups is 3. The molecule has 0 radical (unpaired) electrons. The minimum atomic E-state index is -0.931. The summed E-state index contributed by atoms with van der Waals surface area (Å²) >= 11 is 0. The average molecular weight is 1280 g/mol. The molecule has 4 aromatic rings. The van der Waals surface area contributed by atoms with E-state index in [0.29, 0.717) is 39.3 Å². The molecule has 1 aromatic heterocycles. The lowest BCUT2D eigenvalue weighted by atomic mass is 9.68. The van der Waals surface area contributed by atoms with Crippen molar-refractivity contribution in [1.29, 1.82) is 0 Å². The van der Waals surface area contributed by atoms with Gasteiger partial charge in [0, 0.05) is 138 Å². The smallest absolute Gasteiger partial charge is 0.325 e. The monoisotopic (exact) mass is 1280 g/mol. The van der Waals surface area contributed by atoms with E-state index in [4.69, 9.17) is 42.6 Å². The number of nitrogens with zero attached hydrogens (tertiary/aromatic N) is 10. The fourth-order valence-corrected chi connectivity index (χ4v) is 10.6. The van der Waals surface area contributed by atoms with Crippen molar-refractivity contribution in [3.63, 3.8) is 0 Å². The fourth-order valence-electron chi connectivity index (χ4n) is 10.6. The highest BCUT2D eigenvalue weighted by molar-refractivity contribution is 5.85. The third kappa shape index (κ3) is 18.8. The molecule has 2 saturated heterocycles. The number of rotatable bonds is 38. The van der Waals surface area contributed by atoms with Crippen LogP contribution in [-0.2, 0) is 87.3 Å². The van der Waals surface area contributed by atoms with Crippen LogP contribution in [0.3, 0.4) is 0 Å². The van der Waals surface area contributed by atoms with E-state index in [0.717, 1.165) is 16.7 Å². The minimum absolute atomic E-state index is 0.0163. The molecule has 0 unspecified atom stereocenters. The van der Waals surface area contributed by atoms with Crippen LogP contribution < -0.4 is 14.7 Å². The summed E-state index contributed by atoms with van der Waals surface area (Å²) in [6, 6.07) is 10.5. The molecule has 0 aliphatic carbocycles. The normalized spacial score (nSPS) is 14.7. The second-order valence-corrected chi connectivity index (χ2v) is 20.7. The minimum Gasteiger partial charge on any atom is -0.507 e. The first-order valence-electron chi connectivity index (χ1n) is 28.8. The zero-order chi connectivity index (χ0) is 66.5. The number of fused-ring (bicyclic) bond motifs is 1. The number of carbonyl (C=O) groups excluding carboxylic acids is 2. The molecule has 90 heavy (non-hydrogen) atoms. The first-order valence-corrected chi connectivity index (χ1v) is 28.8. The molecule has 0 atom stereocenters. The van der Waals surface area contributed by atoms with Crippen molar-refractivity contribution in [3.05, 3.63) is 86.5 Å². The number of aliphatic hydroxyl groups is 7. The van der Waals surface area contributed by atoms with E-state index in [-0.39, 0.29) is 193 Å². The second kappa shape index (κ2) is 38.9. The van der Waals surface area contributed by atoms with Gasteiger partial charge in [-0.3, -0.25) is 24.5 Å². The van der Waals surface area contributed by atoms with Crippen molar-refractivity contribution < 1.29 is 103 Å². The van der Waals surface area contributed by atoms with Gasteiger partial charge in [-0.25, -0.2) is 9.59 Å². The molecule has 10 N–H and O–H groups in total. The maximum Gasteiger partial charge on any atom is 0.325 e. The van der Waals surface area contributed by atoms with Crippen LogP contribution in [0.25, 0.3) is 0 Å². The lowest BCUT2D eigenvalue weighted by Crippen LogP contribution is -2.48. The van der Waals surface area contributed by atoms with Gasteiger partial charge in [-0.15, -0.1) is 0 Å². The number of phenols is 3. The van der Waals surface area contributed by atoms with Crippen LogP contribution in [0.15, 0.2) is 36.4 Å². The number of phenolic OH excluding ortho intramolecular Hbond substituents is 3. The quantitative estimate of drug-likeness (QED) is 0.0212. The second-order valence-electron chi connectivity index (χ2n) is 20.7. The van der Waals surface area contributed by atoms with Crippen LogP contribution in [0.1, 0.15) is 57.0 Å². The fraction of sp³-hybridized carbons (Fsp3) is 0.610. The number of carbonyl (C=O) groups is 2.